The van der Waals surface area contributed by atoms with Crippen LogP contribution in [0.5, 0.6) is 0 Å². The van der Waals surface area contributed by atoms with E-state index in [1.165, 1.54) is 18.2 Å². The van der Waals surface area contributed by atoms with E-state index in [0.29, 0.717) is 12.2 Å². The van der Waals surface area contributed by atoms with E-state index in [1.54, 1.807) is 19.1 Å². The van der Waals surface area contributed by atoms with Crippen molar-refractivity contribution in [3.8, 4) is 0 Å². The lowest BCUT2D eigenvalue weighted by Gasteiger charge is -2.24. The average molecular weight is 304 g/mol. The highest BCUT2D eigenvalue weighted by atomic mass is 79.9. The maximum atomic E-state index is 13.1. The van der Waals surface area contributed by atoms with Crippen molar-refractivity contribution in [3.05, 3.63) is 34.1 Å². The van der Waals surface area contributed by atoms with Crippen molar-refractivity contribution < 1.29 is 13.9 Å². The molecule has 1 amide bonds. The second-order valence-corrected chi connectivity index (χ2v) is 4.70. The van der Waals surface area contributed by atoms with Gasteiger partial charge in [0.1, 0.15) is 5.82 Å². The summed E-state index contributed by atoms with van der Waals surface area (Å²) in [6.45, 7) is 2.35. The molecule has 1 aromatic rings. The number of likely N-dealkylation sites (N-methyl/N-ethyl adjacent to an activating group) is 1. The average Bonchev–Trinajstić information content (AvgIpc) is 2.31. The summed E-state index contributed by atoms with van der Waals surface area (Å²) >= 11 is 3.06. The van der Waals surface area contributed by atoms with Gasteiger partial charge in [-0.05, 0) is 41.1 Å². The van der Waals surface area contributed by atoms with Gasteiger partial charge < -0.3 is 9.64 Å². The Kier molecular flexibility index (Phi) is 5.08. The van der Waals surface area contributed by atoms with E-state index in [2.05, 4.69) is 15.9 Å². The highest BCUT2D eigenvalue weighted by Gasteiger charge is 2.18. The summed E-state index contributed by atoms with van der Waals surface area (Å²) in [5.74, 6) is -0.538. The number of hydrogen-bond acceptors (Lipinski definition) is 2. The van der Waals surface area contributed by atoms with Gasteiger partial charge in [-0.2, -0.15) is 0 Å². The first kappa shape index (κ1) is 14.1. The molecule has 0 aliphatic rings. The van der Waals surface area contributed by atoms with Crippen LogP contribution in [0.1, 0.15) is 17.3 Å². The molecule has 0 bridgehead atoms. The summed E-state index contributed by atoms with van der Waals surface area (Å²) in [7, 11) is 3.28. The number of rotatable bonds is 4. The zero-order chi connectivity index (χ0) is 13.0. The molecule has 1 rings (SSSR count). The molecule has 1 unspecified atom stereocenters. The Morgan fingerprint density at radius 3 is 2.76 bits per heavy atom. The van der Waals surface area contributed by atoms with Crippen molar-refractivity contribution in [3.63, 3.8) is 0 Å². The molecule has 0 fully saturated rings. The lowest BCUT2D eigenvalue weighted by Crippen LogP contribution is -2.37. The first-order valence-electron chi connectivity index (χ1n) is 5.18. The predicted octanol–water partition coefficient (Wildman–Crippen LogP) is 2.70. The van der Waals surface area contributed by atoms with Crippen LogP contribution < -0.4 is 0 Å². The third-order valence-electron chi connectivity index (χ3n) is 2.56. The number of carbonyl (C=O) groups is 1. The topological polar surface area (TPSA) is 29.5 Å². The van der Waals surface area contributed by atoms with Crippen molar-refractivity contribution in [2.24, 2.45) is 0 Å². The van der Waals surface area contributed by atoms with Crippen LogP contribution in [0.4, 0.5) is 4.39 Å². The molecule has 0 aliphatic carbocycles. The van der Waals surface area contributed by atoms with Crippen LogP contribution in [0, 0.1) is 5.82 Å². The fourth-order valence-electron chi connectivity index (χ4n) is 1.39. The van der Waals surface area contributed by atoms with Gasteiger partial charge in [0.2, 0.25) is 0 Å². The molecule has 0 saturated carbocycles. The third kappa shape index (κ3) is 3.51. The highest BCUT2D eigenvalue weighted by Crippen LogP contribution is 2.18. The van der Waals surface area contributed by atoms with Crippen LogP contribution in [0.3, 0.4) is 0 Å². The number of benzene rings is 1. The quantitative estimate of drug-likeness (QED) is 0.856. The molecule has 94 valence electrons. The molecular weight excluding hydrogens is 289 g/mol. The molecule has 0 saturated heterocycles. The SMILES string of the molecule is COCC(C)N(C)C(=O)c1ccc(F)c(Br)c1. The molecule has 3 nitrogen and oxygen atoms in total. The molecule has 0 aromatic heterocycles. The van der Waals surface area contributed by atoms with E-state index in [4.69, 9.17) is 4.74 Å². The van der Waals surface area contributed by atoms with Crippen molar-refractivity contribution >= 4 is 21.8 Å². The van der Waals surface area contributed by atoms with Gasteiger partial charge in [-0.1, -0.05) is 0 Å². The van der Waals surface area contributed by atoms with Crippen LogP contribution >= 0.6 is 15.9 Å². The maximum absolute atomic E-state index is 13.1. The molecule has 5 heteroatoms. The van der Waals surface area contributed by atoms with Crippen LogP contribution in [-0.2, 0) is 4.74 Å². The lowest BCUT2D eigenvalue weighted by molar-refractivity contribution is 0.0633. The number of methoxy groups -OCH3 is 1. The van der Waals surface area contributed by atoms with Gasteiger partial charge >= 0.3 is 0 Å². The van der Waals surface area contributed by atoms with E-state index in [1.807, 2.05) is 6.92 Å². The van der Waals surface area contributed by atoms with Gasteiger partial charge in [0.15, 0.2) is 0 Å². The summed E-state index contributed by atoms with van der Waals surface area (Å²) < 4.78 is 18.3. The molecule has 1 atom stereocenters. The Morgan fingerprint density at radius 2 is 2.24 bits per heavy atom. The Hall–Kier alpha value is -0.940. The summed E-state index contributed by atoms with van der Waals surface area (Å²) in [4.78, 5) is 13.6. The van der Waals surface area contributed by atoms with Crippen molar-refractivity contribution in [1.82, 2.24) is 4.90 Å². The first-order chi connectivity index (χ1) is 7.97. The second-order valence-electron chi connectivity index (χ2n) is 3.85. The number of halogens is 2. The van der Waals surface area contributed by atoms with Crippen LogP contribution in [-0.4, -0.2) is 37.6 Å². The second kappa shape index (κ2) is 6.12. The Balaban J connectivity index is 2.85. The largest absolute Gasteiger partial charge is 0.383 e. The minimum Gasteiger partial charge on any atom is -0.383 e. The van der Waals surface area contributed by atoms with Crippen LogP contribution in [0.15, 0.2) is 22.7 Å². The molecule has 17 heavy (non-hydrogen) atoms. The monoisotopic (exact) mass is 303 g/mol. The molecule has 1 aromatic carbocycles. The van der Waals surface area contributed by atoms with Gasteiger partial charge in [-0.25, -0.2) is 4.39 Å². The Morgan fingerprint density at radius 1 is 1.59 bits per heavy atom. The summed E-state index contributed by atoms with van der Waals surface area (Å²) in [6, 6.07) is 4.19. The van der Waals surface area contributed by atoms with Crippen LogP contribution in [0.25, 0.3) is 0 Å². The number of amides is 1. The van der Waals surface area contributed by atoms with E-state index >= 15 is 0 Å². The summed E-state index contributed by atoms with van der Waals surface area (Å²) in [5, 5.41) is 0. The molecule has 0 aliphatic heterocycles. The predicted molar refractivity (Wildman–Crippen MR) is 67.5 cm³/mol. The van der Waals surface area contributed by atoms with Crippen LogP contribution in [0.2, 0.25) is 0 Å². The van der Waals surface area contributed by atoms with E-state index in [0.717, 1.165) is 0 Å². The Bertz CT molecular complexity index is 411. The number of nitrogens with zero attached hydrogens (tertiary/aromatic N) is 1. The molecular formula is C12H15BrFNO2. The molecule has 0 spiro atoms. The molecule has 0 radical (unpaired) electrons. The summed E-state index contributed by atoms with van der Waals surface area (Å²) in [5.41, 5.74) is 0.448. The zero-order valence-corrected chi connectivity index (χ0v) is 11.6. The lowest BCUT2D eigenvalue weighted by atomic mass is 10.2. The van der Waals surface area contributed by atoms with E-state index in [9.17, 15) is 9.18 Å². The van der Waals surface area contributed by atoms with Crippen molar-refractivity contribution in [1.29, 1.82) is 0 Å². The number of carbonyl (C=O) groups excluding carboxylic acids is 1. The third-order valence-corrected chi connectivity index (χ3v) is 3.16. The zero-order valence-electron chi connectivity index (χ0n) is 10.0. The van der Waals surface area contributed by atoms with E-state index < -0.39 is 0 Å². The summed E-state index contributed by atoms with van der Waals surface area (Å²) in [6.07, 6.45) is 0. The van der Waals surface area contributed by atoms with Gasteiger partial charge in [0.05, 0.1) is 17.1 Å². The number of hydrogen-bond donors (Lipinski definition) is 0. The highest BCUT2D eigenvalue weighted by molar-refractivity contribution is 9.10. The maximum Gasteiger partial charge on any atom is 0.253 e. The minimum atomic E-state index is -0.380. The van der Waals surface area contributed by atoms with Crippen molar-refractivity contribution in [2.45, 2.75) is 13.0 Å². The first-order valence-corrected chi connectivity index (χ1v) is 5.97. The number of ether oxygens (including phenoxy) is 1. The van der Waals surface area contributed by atoms with E-state index in [-0.39, 0.29) is 22.2 Å². The Labute approximate surface area is 109 Å². The standard InChI is InChI=1S/C12H15BrFNO2/c1-8(7-17-3)15(2)12(16)9-4-5-11(14)10(13)6-9/h4-6,8H,7H2,1-3H3. The minimum absolute atomic E-state index is 0.0312. The van der Waals surface area contributed by atoms with Gasteiger partial charge in [-0.3, -0.25) is 4.79 Å². The smallest absolute Gasteiger partial charge is 0.253 e. The normalized spacial score (nSPS) is 12.3. The van der Waals surface area contributed by atoms with Gasteiger partial charge in [0.25, 0.3) is 5.91 Å². The fraction of sp³-hybridized carbons (Fsp3) is 0.417. The fourth-order valence-corrected chi connectivity index (χ4v) is 1.76. The molecule has 0 N–H and O–H groups in total. The van der Waals surface area contributed by atoms with Gasteiger partial charge in [-0.15, -0.1) is 0 Å². The van der Waals surface area contributed by atoms with Gasteiger partial charge in [0, 0.05) is 19.7 Å². The van der Waals surface area contributed by atoms with Crippen molar-refractivity contribution in [2.75, 3.05) is 20.8 Å². The molecule has 0 heterocycles.